The minimum atomic E-state index is -3.28. The molecule has 0 aliphatic rings. The number of anilines is 1. The highest BCUT2D eigenvalue weighted by molar-refractivity contribution is 7.89. The minimum absolute atomic E-state index is 0.0115. The zero-order valence-corrected chi connectivity index (χ0v) is 13.6. The molecule has 0 aliphatic carbocycles. The molecule has 0 saturated carbocycles. The van der Waals surface area contributed by atoms with Crippen molar-refractivity contribution in [3.8, 4) is 0 Å². The number of nitrogen functional groups attached to an aromatic ring is 1. The molecule has 0 aromatic heterocycles. The summed E-state index contributed by atoms with van der Waals surface area (Å²) in [5.41, 5.74) is 9.75. The van der Waals surface area contributed by atoms with Crippen LogP contribution in [0.3, 0.4) is 0 Å². The Balaban J connectivity index is 2.22. The fraction of sp³-hybridized carbons (Fsp3) is 0.250. The van der Waals surface area contributed by atoms with E-state index in [9.17, 15) is 8.42 Å². The summed E-state index contributed by atoms with van der Waals surface area (Å²) in [5.74, 6) is -0.0689. The summed E-state index contributed by atoms with van der Waals surface area (Å²) in [4.78, 5) is 0. The zero-order valence-electron chi connectivity index (χ0n) is 12.1. The molecule has 2 N–H and O–H groups in total. The van der Waals surface area contributed by atoms with Crippen LogP contribution in [0.15, 0.2) is 36.4 Å². The van der Waals surface area contributed by atoms with Crippen molar-refractivity contribution in [2.45, 2.75) is 25.4 Å². The van der Waals surface area contributed by atoms with E-state index in [4.69, 9.17) is 17.3 Å². The number of aryl methyl sites for hydroxylation is 2. The van der Waals surface area contributed by atoms with Crippen LogP contribution in [0.4, 0.5) is 5.69 Å². The third-order valence-electron chi connectivity index (χ3n) is 3.15. The van der Waals surface area contributed by atoms with E-state index in [1.165, 1.54) is 0 Å². The molecule has 0 radical (unpaired) electrons. The van der Waals surface area contributed by atoms with Gasteiger partial charge in [0.25, 0.3) is 0 Å². The molecule has 2 aromatic rings. The molecule has 0 fully saturated rings. The summed E-state index contributed by atoms with van der Waals surface area (Å²) in [5, 5.41) is 0.503. The predicted octanol–water partition coefficient (Wildman–Crippen LogP) is 3.65. The zero-order chi connectivity index (χ0) is 15.6. The monoisotopic (exact) mass is 323 g/mol. The molecule has 5 heteroatoms. The molecule has 0 atom stereocenters. The van der Waals surface area contributed by atoms with Gasteiger partial charge in [0.05, 0.1) is 11.5 Å². The molecule has 0 aliphatic heterocycles. The number of rotatable bonds is 4. The summed E-state index contributed by atoms with van der Waals surface area (Å²) in [7, 11) is -3.28. The molecule has 0 spiro atoms. The van der Waals surface area contributed by atoms with Crippen LogP contribution in [0.25, 0.3) is 0 Å². The second-order valence-corrected chi connectivity index (χ2v) is 7.87. The lowest BCUT2D eigenvalue weighted by Crippen LogP contribution is -2.09. The number of halogens is 1. The maximum Gasteiger partial charge on any atom is 0.158 e. The van der Waals surface area contributed by atoms with Gasteiger partial charge in [0.15, 0.2) is 9.84 Å². The van der Waals surface area contributed by atoms with Crippen LogP contribution in [-0.4, -0.2) is 8.42 Å². The molecule has 0 saturated heterocycles. The van der Waals surface area contributed by atoms with E-state index in [0.717, 1.165) is 16.7 Å². The van der Waals surface area contributed by atoms with Gasteiger partial charge in [-0.2, -0.15) is 0 Å². The summed E-state index contributed by atoms with van der Waals surface area (Å²) in [6.45, 7) is 3.92. The second kappa shape index (κ2) is 6.08. The summed E-state index contributed by atoms with van der Waals surface area (Å²) in [6, 6.07) is 10.7. The van der Waals surface area contributed by atoms with Gasteiger partial charge < -0.3 is 5.73 Å². The van der Waals surface area contributed by atoms with E-state index in [2.05, 4.69) is 0 Å². The summed E-state index contributed by atoms with van der Waals surface area (Å²) < 4.78 is 24.7. The number of benzene rings is 2. The average Bonchev–Trinajstić information content (AvgIpc) is 2.30. The lowest BCUT2D eigenvalue weighted by Gasteiger charge is -2.09. The highest BCUT2D eigenvalue weighted by Gasteiger charge is 2.15. The van der Waals surface area contributed by atoms with Gasteiger partial charge in [-0.1, -0.05) is 47.0 Å². The molecule has 3 nitrogen and oxygen atoms in total. The molecule has 112 valence electrons. The Morgan fingerprint density at radius 1 is 1.00 bits per heavy atom. The largest absolute Gasteiger partial charge is 0.398 e. The predicted molar refractivity (Wildman–Crippen MR) is 88.1 cm³/mol. The van der Waals surface area contributed by atoms with Gasteiger partial charge in [-0.25, -0.2) is 8.42 Å². The smallest absolute Gasteiger partial charge is 0.158 e. The van der Waals surface area contributed by atoms with E-state index >= 15 is 0 Å². The quantitative estimate of drug-likeness (QED) is 0.874. The van der Waals surface area contributed by atoms with Gasteiger partial charge in [0.1, 0.15) is 0 Å². The number of nitrogens with two attached hydrogens (primary N) is 1. The van der Waals surface area contributed by atoms with Crippen molar-refractivity contribution in [3.63, 3.8) is 0 Å². The van der Waals surface area contributed by atoms with Crippen LogP contribution in [0.5, 0.6) is 0 Å². The molecule has 0 heterocycles. The minimum Gasteiger partial charge on any atom is -0.398 e. The van der Waals surface area contributed by atoms with E-state index in [1.54, 1.807) is 18.2 Å². The van der Waals surface area contributed by atoms with E-state index < -0.39 is 9.84 Å². The van der Waals surface area contributed by atoms with Crippen molar-refractivity contribution >= 4 is 27.1 Å². The maximum atomic E-state index is 12.3. The van der Waals surface area contributed by atoms with Crippen LogP contribution in [0, 0.1) is 13.8 Å². The Morgan fingerprint density at radius 2 is 1.62 bits per heavy atom. The SMILES string of the molecule is Cc1cc(C)cc(CS(=O)(=O)Cc2ccc(Cl)cc2N)c1. The highest BCUT2D eigenvalue weighted by Crippen LogP contribution is 2.22. The molecule has 0 unspecified atom stereocenters. The Hall–Kier alpha value is -1.52. The standard InChI is InChI=1S/C16H18ClNO2S/c1-11-5-12(2)7-13(6-11)9-21(19,20)10-14-3-4-15(17)8-16(14)18/h3-8H,9-10,18H2,1-2H3. The topological polar surface area (TPSA) is 60.2 Å². The highest BCUT2D eigenvalue weighted by atomic mass is 35.5. The molecule has 0 amide bonds. The first-order valence-corrected chi connectivity index (χ1v) is 8.76. The first kappa shape index (κ1) is 15.9. The Kier molecular flexibility index (Phi) is 4.59. The molecular formula is C16H18ClNO2S. The first-order valence-electron chi connectivity index (χ1n) is 6.57. The summed E-state index contributed by atoms with van der Waals surface area (Å²) in [6.07, 6.45) is 0. The fourth-order valence-electron chi connectivity index (χ4n) is 2.39. The third kappa shape index (κ3) is 4.48. The van der Waals surface area contributed by atoms with Gasteiger partial charge in [0.2, 0.25) is 0 Å². The average molecular weight is 324 g/mol. The van der Waals surface area contributed by atoms with Gasteiger partial charge in [-0.3, -0.25) is 0 Å². The van der Waals surface area contributed by atoms with Crippen molar-refractivity contribution in [1.29, 1.82) is 0 Å². The number of hydrogen-bond acceptors (Lipinski definition) is 3. The Morgan fingerprint density at radius 3 is 2.19 bits per heavy atom. The normalized spacial score (nSPS) is 11.6. The van der Waals surface area contributed by atoms with Crippen molar-refractivity contribution < 1.29 is 8.42 Å². The van der Waals surface area contributed by atoms with Gasteiger partial charge in [-0.15, -0.1) is 0 Å². The molecule has 21 heavy (non-hydrogen) atoms. The molecule has 2 rings (SSSR count). The van der Waals surface area contributed by atoms with E-state index in [1.807, 2.05) is 32.0 Å². The second-order valence-electron chi connectivity index (χ2n) is 5.37. The van der Waals surface area contributed by atoms with E-state index in [0.29, 0.717) is 16.3 Å². The first-order chi connectivity index (χ1) is 9.75. The van der Waals surface area contributed by atoms with Crippen LogP contribution in [-0.2, 0) is 21.3 Å². The molecular weight excluding hydrogens is 306 g/mol. The third-order valence-corrected chi connectivity index (χ3v) is 4.91. The fourth-order valence-corrected chi connectivity index (χ4v) is 4.09. The van der Waals surface area contributed by atoms with Gasteiger partial charge in [-0.05, 0) is 37.1 Å². The molecule has 2 aromatic carbocycles. The van der Waals surface area contributed by atoms with E-state index in [-0.39, 0.29) is 11.5 Å². The maximum absolute atomic E-state index is 12.3. The number of sulfone groups is 1. The van der Waals surface area contributed by atoms with Crippen LogP contribution < -0.4 is 5.73 Å². The Bertz CT molecular complexity index is 750. The van der Waals surface area contributed by atoms with Crippen molar-refractivity contribution in [2.24, 2.45) is 0 Å². The number of hydrogen-bond donors (Lipinski definition) is 1. The Labute approximate surface area is 130 Å². The van der Waals surface area contributed by atoms with Gasteiger partial charge >= 0.3 is 0 Å². The van der Waals surface area contributed by atoms with Crippen molar-refractivity contribution in [2.75, 3.05) is 5.73 Å². The van der Waals surface area contributed by atoms with Crippen LogP contribution in [0.2, 0.25) is 5.02 Å². The van der Waals surface area contributed by atoms with Crippen LogP contribution >= 0.6 is 11.6 Å². The van der Waals surface area contributed by atoms with Crippen LogP contribution in [0.1, 0.15) is 22.3 Å². The molecule has 0 bridgehead atoms. The lowest BCUT2D eigenvalue weighted by atomic mass is 10.1. The van der Waals surface area contributed by atoms with Crippen molar-refractivity contribution in [1.82, 2.24) is 0 Å². The van der Waals surface area contributed by atoms with Crippen molar-refractivity contribution in [3.05, 3.63) is 63.7 Å². The lowest BCUT2D eigenvalue weighted by molar-refractivity contribution is 0.594. The van der Waals surface area contributed by atoms with Gasteiger partial charge in [0, 0.05) is 10.7 Å². The summed E-state index contributed by atoms with van der Waals surface area (Å²) >= 11 is 5.82.